The number of carbonyl (C=O) groups excluding carboxylic acids is 1. The zero-order valence-corrected chi connectivity index (χ0v) is 16.1. The molecule has 27 heavy (non-hydrogen) atoms. The molecule has 2 aromatic heterocycles. The van der Waals surface area contributed by atoms with Crippen LogP contribution >= 0.6 is 0 Å². The highest BCUT2D eigenvalue weighted by Gasteiger charge is 2.37. The van der Waals surface area contributed by atoms with Crippen molar-refractivity contribution in [3.63, 3.8) is 0 Å². The molecule has 0 bridgehead atoms. The summed E-state index contributed by atoms with van der Waals surface area (Å²) in [5.41, 5.74) is 0.412. The number of hydrogen-bond acceptors (Lipinski definition) is 6. The van der Waals surface area contributed by atoms with Gasteiger partial charge in [-0.3, -0.25) is 14.6 Å². The minimum atomic E-state index is -0.515. The summed E-state index contributed by atoms with van der Waals surface area (Å²) in [6.07, 6.45) is 5.89. The number of rotatable bonds is 5. The number of likely N-dealkylation sites (tertiary alicyclic amines) is 1. The van der Waals surface area contributed by atoms with Gasteiger partial charge in [-0.25, -0.2) is 4.68 Å². The predicted octanol–water partition coefficient (Wildman–Crippen LogP) is 1.42. The van der Waals surface area contributed by atoms with Gasteiger partial charge in [0, 0.05) is 32.7 Å². The molecule has 2 aliphatic rings. The van der Waals surface area contributed by atoms with Crippen LogP contribution in [0.5, 0.6) is 0 Å². The summed E-state index contributed by atoms with van der Waals surface area (Å²) < 4.78 is 7.46. The molecular formula is C19H28N6O2. The Kier molecular flexibility index (Phi) is 5.01. The first-order valence-corrected chi connectivity index (χ1v) is 9.71. The zero-order chi connectivity index (χ0) is 18.9. The van der Waals surface area contributed by atoms with E-state index in [1.807, 2.05) is 30.7 Å². The lowest BCUT2D eigenvalue weighted by Gasteiger charge is -2.40. The highest BCUT2D eigenvalue weighted by molar-refractivity contribution is 5.86. The molecule has 1 amide bonds. The van der Waals surface area contributed by atoms with Crippen molar-refractivity contribution >= 4 is 5.91 Å². The summed E-state index contributed by atoms with van der Waals surface area (Å²) in [7, 11) is 0. The molecule has 0 aromatic carbocycles. The summed E-state index contributed by atoms with van der Waals surface area (Å²) in [5, 5.41) is 11.7. The highest BCUT2D eigenvalue weighted by Crippen LogP contribution is 2.24. The third-order valence-corrected chi connectivity index (χ3v) is 5.81. The number of hydrogen-bond donors (Lipinski definition) is 1. The van der Waals surface area contributed by atoms with Crippen molar-refractivity contribution in [2.45, 2.75) is 51.4 Å². The maximum Gasteiger partial charge on any atom is 0.240 e. The first-order chi connectivity index (χ1) is 13.0. The van der Waals surface area contributed by atoms with Gasteiger partial charge in [0.15, 0.2) is 0 Å². The van der Waals surface area contributed by atoms with E-state index in [0.29, 0.717) is 19.1 Å². The monoisotopic (exact) mass is 372 g/mol. The van der Waals surface area contributed by atoms with Gasteiger partial charge in [0.1, 0.15) is 5.76 Å². The molecule has 0 aliphatic carbocycles. The van der Waals surface area contributed by atoms with Crippen LogP contribution in [-0.2, 0) is 17.9 Å². The predicted molar refractivity (Wildman–Crippen MR) is 99.8 cm³/mol. The Bertz CT molecular complexity index is 761. The van der Waals surface area contributed by atoms with Gasteiger partial charge in [-0.15, -0.1) is 5.10 Å². The third-order valence-electron chi connectivity index (χ3n) is 5.81. The van der Waals surface area contributed by atoms with Gasteiger partial charge in [0.05, 0.1) is 36.3 Å². The second kappa shape index (κ2) is 7.44. The van der Waals surface area contributed by atoms with Crippen LogP contribution in [0.1, 0.15) is 44.2 Å². The second-order valence-corrected chi connectivity index (χ2v) is 8.01. The topological polar surface area (TPSA) is 79.4 Å². The molecule has 2 aliphatic heterocycles. The average Bonchev–Trinajstić information content (AvgIpc) is 3.32. The Morgan fingerprint density at radius 1 is 1.26 bits per heavy atom. The summed E-state index contributed by atoms with van der Waals surface area (Å²) >= 11 is 0. The van der Waals surface area contributed by atoms with Gasteiger partial charge >= 0.3 is 0 Å². The molecule has 4 heterocycles. The van der Waals surface area contributed by atoms with E-state index < -0.39 is 5.54 Å². The molecule has 1 N–H and O–H groups in total. The molecule has 0 spiro atoms. The molecule has 8 heteroatoms. The van der Waals surface area contributed by atoms with Crippen LogP contribution in [0.25, 0.3) is 0 Å². The summed E-state index contributed by atoms with van der Waals surface area (Å²) in [6, 6.07) is 4.35. The summed E-state index contributed by atoms with van der Waals surface area (Å²) in [5.74, 6) is 1.09. The van der Waals surface area contributed by atoms with Gasteiger partial charge < -0.3 is 9.73 Å². The van der Waals surface area contributed by atoms with Crippen molar-refractivity contribution in [1.29, 1.82) is 0 Å². The number of nitrogens with one attached hydrogen (secondary N) is 1. The Balaban J connectivity index is 1.33. The first-order valence-electron chi connectivity index (χ1n) is 9.71. The molecule has 2 saturated heterocycles. The van der Waals surface area contributed by atoms with Crippen molar-refractivity contribution < 1.29 is 9.21 Å². The molecule has 2 aromatic rings. The van der Waals surface area contributed by atoms with E-state index in [1.165, 1.54) is 0 Å². The van der Waals surface area contributed by atoms with Crippen LogP contribution in [0.2, 0.25) is 0 Å². The molecule has 0 unspecified atom stereocenters. The Morgan fingerprint density at radius 2 is 2.07 bits per heavy atom. The lowest BCUT2D eigenvalue weighted by molar-refractivity contribution is -0.135. The van der Waals surface area contributed by atoms with E-state index in [4.69, 9.17) is 4.42 Å². The molecule has 2 fully saturated rings. The molecule has 0 saturated carbocycles. The second-order valence-electron chi connectivity index (χ2n) is 8.01. The fraction of sp³-hybridized carbons (Fsp3) is 0.632. The summed E-state index contributed by atoms with van der Waals surface area (Å²) in [4.78, 5) is 16.7. The highest BCUT2D eigenvalue weighted by atomic mass is 16.3. The molecule has 146 valence electrons. The van der Waals surface area contributed by atoms with Crippen molar-refractivity contribution in [2.75, 3.05) is 26.2 Å². The lowest BCUT2D eigenvalue weighted by Crippen LogP contribution is -2.61. The van der Waals surface area contributed by atoms with E-state index in [-0.39, 0.29) is 5.91 Å². The van der Waals surface area contributed by atoms with Crippen molar-refractivity contribution in [1.82, 2.24) is 30.1 Å². The van der Waals surface area contributed by atoms with Crippen LogP contribution in [0.3, 0.4) is 0 Å². The maximum atomic E-state index is 12.1. The van der Waals surface area contributed by atoms with E-state index in [0.717, 1.165) is 50.5 Å². The van der Waals surface area contributed by atoms with Gasteiger partial charge in [-0.1, -0.05) is 5.21 Å². The van der Waals surface area contributed by atoms with Crippen LogP contribution in [0.15, 0.2) is 29.0 Å². The van der Waals surface area contributed by atoms with Crippen LogP contribution in [-0.4, -0.2) is 62.4 Å². The standard InChI is InChI=1S/C19H28N6O2/c1-19(2)18(26)20-7-10-24(19)12-15-13-25(22-21-15)16-5-8-23(9-6-16)14-17-4-3-11-27-17/h3-4,11,13,16H,5-10,12,14H2,1-2H3,(H,20,26). The number of carbonyl (C=O) groups is 1. The van der Waals surface area contributed by atoms with Crippen LogP contribution < -0.4 is 5.32 Å². The number of piperidine rings is 1. The third kappa shape index (κ3) is 3.91. The lowest BCUT2D eigenvalue weighted by atomic mass is 9.99. The molecule has 0 atom stereocenters. The van der Waals surface area contributed by atoms with E-state index >= 15 is 0 Å². The molecule has 4 rings (SSSR count). The van der Waals surface area contributed by atoms with Crippen LogP contribution in [0, 0.1) is 0 Å². The minimum Gasteiger partial charge on any atom is -0.468 e. The van der Waals surface area contributed by atoms with Crippen LogP contribution in [0.4, 0.5) is 0 Å². The van der Waals surface area contributed by atoms with E-state index in [2.05, 4.69) is 31.6 Å². The number of amides is 1. The van der Waals surface area contributed by atoms with Gasteiger partial charge in [0.25, 0.3) is 0 Å². The molecular weight excluding hydrogens is 344 g/mol. The first kappa shape index (κ1) is 18.2. The Labute approximate surface area is 159 Å². The largest absolute Gasteiger partial charge is 0.468 e. The van der Waals surface area contributed by atoms with E-state index in [9.17, 15) is 4.79 Å². The minimum absolute atomic E-state index is 0.0741. The van der Waals surface area contributed by atoms with E-state index in [1.54, 1.807) is 6.26 Å². The fourth-order valence-electron chi connectivity index (χ4n) is 3.95. The SMILES string of the molecule is CC1(C)C(=O)NCCN1Cc1cn(C2CCN(Cc3ccco3)CC2)nn1. The van der Waals surface area contributed by atoms with Gasteiger partial charge in [-0.2, -0.15) is 0 Å². The summed E-state index contributed by atoms with van der Waals surface area (Å²) in [6.45, 7) is 9.01. The smallest absolute Gasteiger partial charge is 0.240 e. The fourth-order valence-corrected chi connectivity index (χ4v) is 3.95. The molecule has 8 nitrogen and oxygen atoms in total. The maximum absolute atomic E-state index is 12.1. The number of furan rings is 1. The normalized spacial score (nSPS) is 22.1. The molecule has 0 radical (unpaired) electrons. The van der Waals surface area contributed by atoms with Crippen molar-refractivity contribution in [3.05, 3.63) is 36.0 Å². The average molecular weight is 372 g/mol. The zero-order valence-electron chi connectivity index (χ0n) is 16.1. The number of piperazine rings is 1. The Morgan fingerprint density at radius 3 is 2.81 bits per heavy atom. The number of aromatic nitrogens is 3. The Hall–Kier alpha value is -2.19. The quantitative estimate of drug-likeness (QED) is 0.855. The van der Waals surface area contributed by atoms with Gasteiger partial charge in [0.2, 0.25) is 5.91 Å². The van der Waals surface area contributed by atoms with Crippen molar-refractivity contribution in [3.8, 4) is 0 Å². The number of nitrogens with zero attached hydrogens (tertiary/aromatic N) is 5. The van der Waals surface area contributed by atoms with Gasteiger partial charge in [-0.05, 0) is 38.8 Å². The van der Waals surface area contributed by atoms with Crippen molar-refractivity contribution in [2.24, 2.45) is 0 Å².